The van der Waals surface area contributed by atoms with E-state index < -0.39 is 0 Å². The van der Waals surface area contributed by atoms with Crippen LogP contribution in [0.5, 0.6) is 0 Å². The zero-order valence-corrected chi connectivity index (χ0v) is 8.10. The van der Waals surface area contributed by atoms with E-state index in [1.165, 1.54) is 6.08 Å². The quantitative estimate of drug-likeness (QED) is 0.752. The predicted molar refractivity (Wildman–Crippen MR) is 60.6 cm³/mol. The van der Waals surface area contributed by atoms with Crippen LogP contribution in [0.25, 0.3) is 10.8 Å². The van der Waals surface area contributed by atoms with Crippen LogP contribution in [0.1, 0.15) is 0 Å². The van der Waals surface area contributed by atoms with Crippen LogP contribution in [-0.4, -0.2) is 10.9 Å². The molecule has 0 atom stereocenters. The number of benzene rings is 1. The maximum atomic E-state index is 11.0. The van der Waals surface area contributed by atoms with Crippen molar-refractivity contribution in [3.8, 4) is 0 Å². The first-order valence-electron chi connectivity index (χ1n) is 4.58. The summed E-state index contributed by atoms with van der Waals surface area (Å²) >= 11 is 0. The van der Waals surface area contributed by atoms with Crippen LogP contribution >= 0.6 is 0 Å². The molecule has 0 fully saturated rings. The number of fused-ring (bicyclic) bond motifs is 1. The van der Waals surface area contributed by atoms with E-state index in [1.54, 1.807) is 6.20 Å². The fraction of sp³-hybridized carbons (Fsp3) is 0. The van der Waals surface area contributed by atoms with Gasteiger partial charge in [-0.3, -0.25) is 4.79 Å². The number of nitrogens with one attached hydrogen (secondary N) is 1. The zero-order valence-electron chi connectivity index (χ0n) is 8.10. The third-order valence-corrected chi connectivity index (χ3v) is 2.07. The second-order valence-electron chi connectivity index (χ2n) is 3.11. The second-order valence-corrected chi connectivity index (χ2v) is 3.11. The Hall–Kier alpha value is -2.16. The van der Waals surface area contributed by atoms with E-state index >= 15 is 0 Å². The molecule has 0 bridgehead atoms. The SMILES string of the molecule is C=CC(=O)Nc1cc2ccccc2cn1. The minimum atomic E-state index is -0.252. The van der Waals surface area contributed by atoms with Crippen molar-refractivity contribution in [2.75, 3.05) is 5.32 Å². The minimum absolute atomic E-state index is 0.252. The summed E-state index contributed by atoms with van der Waals surface area (Å²) in [6, 6.07) is 9.67. The molecule has 1 N–H and O–H groups in total. The first-order valence-corrected chi connectivity index (χ1v) is 4.58. The molecule has 1 heterocycles. The third kappa shape index (κ3) is 2.02. The highest BCUT2D eigenvalue weighted by molar-refractivity contribution is 5.99. The van der Waals surface area contributed by atoms with Gasteiger partial charge in [-0.2, -0.15) is 0 Å². The average molecular weight is 198 g/mol. The summed E-state index contributed by atoms with van der Waals surface area (Å²) in [4.78, 5) is 15.2. The highest BCUT2D eigenvalue weighted by atomic mass is 16.1. The first-order chi connectivity index (χ1) is 7.29. The molecule has 74 valence electrons. The number of carbonyl (C=O) groups is 1. The molecule has 0 saturated heterocycles. The average Bonchev–Trinajstić information content (AvgIpc) is 2.29. The van der Waals surface area contributed by atoms with Gasteiger partial charge < -0.3 is 5.32 Å². The van der Waals surface area contributed by atoms with Crippen molar-refractivity contribution >= 4 is 22.5 Å². The summed E-state index contributed by atoms with van der Waals surface area (Å²) in [5.74, 6) is 0.288. The van der Waals surface area contributed by atoms with E-state index in [1.807, 2.05) is 30.3 Å². The predicted octanol–water partition coefficient (Wildman–Crippen LogP) is 2.36. The molecule has 3 nitrogen and oxygen atoms in total. The monoisotopic (exact) mass is 198 g/mol. The van der Waals surface area contributed by atoms with Crippen molar-refractivity contribution in [3.63, 3.8) is 0 Å². The summed E-state index contributed by atoms with van der Waals surface area (Å²) in [6.07, 6.45) is 2.95. The van der Waals surface area contributed by atoms with E-state index in [2.05, 4.69) is 16.9 Å². The fourth-order valence-electron chi connectivity index (χ4n) is 1.33. The van der Waals surface area contributed by atoms with Crippen molar-refractivity contribution in [1.82, 2.24) is 4.98 Å². The fourth-order valence-corrected chi connectivity index (χ4v) is 1.33. The van der Waals surface area contributed by atoms with E-state index in [9.17, 15) is 4.79 Å². The standard InChI is InChI=1S/C12H10N2O/c1-2-12(15)14-11-7-9-5-3-4-6-10(9)8-13-11/h2-8H,1H2,(H,13,14,15). The maximum absolute atomic E-state index is 11.0. The van der Waals surface area contributed by atoms with Crippen LogP contribution in [0.4, 0.5) is 5.82 Å². The summed E-state index contributed by atoms with van der Waals surface area (Å²) in [6.45, 7) is 3.38. The number of amides is 1. The Morgan fingerprint density at radius 1 is 1.33 bits per heavy atom. The third-order valence-electron chi connectivity index (χ3n) is 2.07. The Morgan fingerprint density at radius 2 is 2.07 bits per heavy atom. The van der Waals surface area contributed by atoms with Crippen LogP contribution in [0.2, 0.25) is 0 Å². The zero-order chi connectivity index (χ0) is 10.7. The smallest absolute Gasteiger partial charge is 0.248 e. The van der Waals surface area contributed by atoms with Crippen molar-refractivity contribution in [2.24, 2.45) is 0 Å². The van der Waals surface area contributed by atoms with Crippen molar-refractivity contribution in [2.45, 2.75) is 0 Å². The number of pyridine rings is 1. The molecule has 2 rings (SSSR count). The van der Waals surface area contributed by atoms with Crippen molar-refractivity contribution in [1.29, 1.82) is 0 Å². The van der Waals surface area contributed by atoms with Gasteiger partial charge in [0.05, 0.1) is 0 Å². The molecule has 0 saturated carbocycles. The first kappa shape index (κ1) is 9.40. The maximum Gasteiger partial charge on any atom is 0.248 e. The summed E-state index contributed by atoms with van der Waals surface area (Å²) < 4.78 is 0. The number of nitrogens with zero attached hydrogens (tertiary/aromatic N) is 1. The normalized spacial score (nSPS) is 9.87. The lowest BCUT2D eigenvalue weighted by atomic mass is 10.2. The van der Waals surface area contributed by atoms with E-state index in [0.29, 0.717) is 5.82 Å². The number of aromatic nitrogens is 1. The Bertz CT molecular complexity index is 520. The lowest BCUT2D eigenvalue weighted by Gasteiger charge is -2.02. The van der Waals surface area contributed by atoms with Gasteiger partial charge >= 0.3 is 0 Å². The molecule has 0 aliphatic carbocycles. The van der Waals surface area contributed by atoms with Gasteiger partial charge in [0, 0.05) is 11.6 Å². The number of hydrogen-bond acceptors (Lipinski definition) is 2. The summed E-state index contributed by atoms with van der Waals surface area (Å²) in [5, 5.41) is 4.71. The molecular formula is C12H10N2O. The number of hydrogen-bond donors (Lipinski definition) is 1. The summed E-state index contributed by atoms with van der Waals surface area (Å²) in [7, 11) is 0. The molecule has 3 heteroatoms. The topological polar surface area (TPSA) is 42.0 Å². The molecule has 0 spiro atoms. The number of carbonyl (C=O) groups excluding carboxylic acids is 1. The van der Waals surface area contributed by atoms with E-state index in [-0.39, 0.29) is 5.91 Å². The van der Waals surface area contributed by atoms with Crippen LogP contribution < -0.4 is 5.32 Å². The van der Waals surface area contributed by atoms with Gasteiger partial charge in [0.2, 0.25) is 5.91 Å². The Balaban J connectivity index is 2.38. The van der Waals surface area contributed by atoms with Gasteiger partial charge in [-0.05, 0) is 17.5 Å². The highest BCUT2D eigenvalue weighted by Crippen LogP contribution is 2.15. The van der Waals surface area contributed by atoms with Crippen molar-refractivity contribution < 1.29 is 4.79 Å². The van der Waals surface area contributed by atoms with Crippen LogP contribution in [0.3, 0.4) is 0 Å². The molecule has 1 aromatic heterocycles. The van der Waals surface area contributed by atoms with Gasteiger partial charge in [0.25, 0.3) is 0 Å². The van der Waals surface area contributed by atoms with Gasteiger partial charge in [-0.15, -0.1) is 0 Å². The van der Waals surface area contributed by atoms with Crippen LogP contribution in [0, 0.1) is 0 Å². The molecule has 1 amide bonds. The Kier molecular flexibility index (Phi) is 2.46. The van der Waals surface area contributed by atoms with Gasteiger partial charge in [0.1, 0.15) is 5.82 Å². The van der Waals surface area contributed by atoms with Gasteiger partial charge in [0.15, 0.2) is 0 Å². The lowest BCUT2D eigenvalue weighted by molar-refractivity contribution is -0.111. The molecule has 0 radical (unpaired) electrons. The molecule has 0 aliphatic heterocycles. The minimum Gasteiger partial charge on any atom is -0.307 e. The Labute approximate surface area is 87.4 Å². The molecule has 0 unspecified atom stereocenters. The van der Waals surface area contributed by atoms with Crippen molar-refractivity contribution in [3.05, 3.63) is 49.2 Å². The lowest BCUT2D eigenvalue weighted by Crippen LogP contribution is -2.08. The van der Waals surface area contributed by atoms with Crippen LogP contribution in [0.15, 0.2) is 49.2 Å². The molecule has 15 heavy (non-hydrogen) atoms. The molecular weight excluding hydrogens is 188 g/mol. The molecule has 0 aliphatic rings. The highest BCUT2D eigenvalue weighted by Gasteiger charge is 1.99. The van der Waals surface area contributed by atoms with Gasteiger partial charge in [-0.25, -0.2) is 4.98 Å². The van der Waals surface area contributed by atoms with Gasteiger partial charge in [-0.1, -0.05) is 30.8 Å². The van der Waals surface area contributed by atoms with E-state index in [4.69, 9.17) is 0 Å². The molecule has 1 aromatic carbocycles. The Morgan fingerprint density at radius 3 is 2.80 bits per heavy atom. The van der Waals surface area contributed by atoms with Crippen LogP contribution in [-0.2, 0) is 4.79 Å². The summed E-state index contributed by atoms with van der Waals surface area (Å²) in [5.41, 5.74) is 0. The second kappa shape index (κ2) is 3.92. The number of anilines is 1. The number of rotatable bonds is 2. The largest absolute Gasteiger partial charge is 0.307 e. The molecule has 2 aromatic rings. The van der Waals surface area contributed by atoms with E-state index in [0.717, 1.165) is 10.8 Å².